The molecule has 0 unspecified atom stereocenters. The third-order valence-corrected chi connectivity index (χ3v) is 22.3. The molecule has 18 aromatic carbocycles. The Labute approximate surface area is 659 Å². The molecule has 0 spiro atoms. The number of fused-ring (bicyclic) bond motifs is 13. The summed E-state index contributed by atoms with van der Waals surface area (Å²) < 4.78 is 0. The molecule has 0 aliphatic rings. The highest BCUT2D eigenvalue weighted by Crippen LogP contribution is 2.44. The normalized spacial score (nSPS) is 11.5. The predicted molar refractivity (Wildman–Crippen MR) is 477 cm³/mol. The first-order valence-electron chi connectivity index (χ1n) is 38.7. The topological polar surface area (TPSA) is 77.3 Å². The Kier molecular flexibility index (Phi) is 16.8. The molecule has 0 amide bonds. The molecular weight excluding hydrogens is 1380 g/mol. The molecule has 0 bridgehead atoms. The number of aromatic nitrogens is 6. The van der Waals surface area contributed by atoms with Gasteiger partial charge in [0.15, 0.2) is 11.6 Å². The van der Waals surface area contributed by atoms with Crippen LogP contribution >= 0.6 is 0 Å². The lowest BCUT2D eigenvalue weighted by Crippen LogP contribution is -1.96. The van der Waals surface area contributed by atoms with Gasteiger partial charge in [-0.3, -0.25) is 0 Å². The third kappa shape index (κ3) is 12.5. The van der Waals surface area contributed by atoms with E-state index in [2.05, 4.69) is 388 Å². The number of pyridine rings is 2. The van der Waals surface area contributed by atoms with Crippen molar-refractivity contribution in [3.63, 3.8) is 0 Å². The SMILES string of the molecule is c1ccc(-c2ccc(-c3cc(-c4ccc(-c5nc6ccc(-c7ccccc7)cc6c6c5ccc5ccccc56)cc4)nc(-c4ccccc4)n3)cc2)cc1.c1ccc2cc(-c3cc(-c4ccc(-c5nc6c(-c7cccc8ccccc78)cccc6c6c5ccc5ccccc56)cc4)nc(-c4ccc5ccccc5c4)n3)ccc2c1. The van der Waals surface area contributed by atoms with E-state index in [0.29, 0.717) is 11.6 Å². The fourth-order valence-corrected chi connectivity index (χ4v) is 16.6. The van der Waals surface area contributed by atoms with E-state index in [1.165, 1.54) is 87.1 Å². The Morgan fingerprint density at radius 2 is 0.500 bits per heavy atom. The number of benzene rings is 18. The summed E-state index contributed by atoms with van der Waals surface area (Å²) in [4.78, 5) is 31.5. The van der Waals surface area contributed by atoms with Crippen molar-refractivity contribution >= 4 is 97.2 Å². The van der Waals surface area contributed by atoms with Crippen molar-refractivity contribution < 1.29 is 0 Å². The summed E-state index contributed by atoms with van der Waals surface area (Å²) in [5.41, 5.74) is 22.6. The first-order valence-corrected chi connectivity index (χ1v) is 38.7. The van der Waals surface area contributed by atoms with Crippen LogP contribution in [0.1, 0.15) is 0 Å². The molecule has 0 aliphatic heterocycles. The van der Waals surface area contributed by atoms with Crippen LogP contribution in [0, 0.1) is 0 Å². The average molecular weight is 1450 g/mol. The van der Waals surface area contributed by atoms with E-state index in [9.17, 15) is 0 Å². The number of hydrogen-bond donors (Lipinski definition) is 0. The Morgan fingerprint density at radius 3 is 1.06 bits per heavy atom. The molecular formula is C108H68N6. The van der Waals surface area contributed by atoms with Gasteiger partial charge in [0.2, 0.25) is 0 Å². The van der Waals surface area contributed by atoms with Gasteiger partial charge in [-0.1, -0.05) is 376 Å². The fourth-order valence-electron chi connectivity index (χ4n) is 16.6. The van der Waals surface area contributed by atoms with Gasteiger partial charge in [-0.15, -0.1) is 0 Å². The van der Waals surface area contributed by atoms with Gasteiger partial charge in [0.1, 0.15) is 0 Å². The summed E-state index contributed by atoms with van der Waals surface area (Å²) in [5, 5.41) is 19.0. The summed E-state index contributed by atoms with van der Waals surface area (Å²) in [6, 6.07) is 146. The van der Waals surface area contributed by atoms with Crippen molar-refractivity contribution in [2.45, 2.75) is 0 Å². The number of hydrogen-bond acceptors (Lipinski definition) is 6. The zero-order chi connectivity index (χ0) is 75.4. The monoisotopic (exact) mass is 1450 g/mol. The minimum absolute atomic E-state index is 0.695. The van der Waals surface area contributed by atoms with E-state index >= 15 is 0 Å². The summed E-state index contributed by atoms with van der Waals surface area (Å²) >= 11 is 0. The van der Waals surface area contributed by atoms with Gasteiger partial charge in [0, 0.05) is 82.4 Å². The van der Waals surface area contributed by atoms with Crippen LogP contribution in [-0.2, 0) is 0 Å². The van der Waals surface area contributed by atoms with Gasteiger partial charge in [0.05, 0.1) is 45.2 Å². The maximum atomic E-state index is 5.60. The van der Waals surface area contributed by atoms with Gasteiger partial charge in [-0.25, -0.2) is 29.9 Å². The number of rotatable bonds is 11. The molecule has 114 heavy (non-hydrogen) atoms. The lowest BCUT2D eigenvalue weighted by atomic mass is 9.91. The van der Waals surface area contributed by atoms with E-state index in [4.69, 9.17) is 29.9 Å². The lowest BCUT2D eigenvalue weighted by molar-refractivity contribution is 1.18. The van der Waals surface area contributed by atoms with Crippen molar-refractivity contribution in [3.8, 4) is 124 Å². The smallest absolute Gasteiger partial charge is 0.160 e. The van der Waals surface area contributed by atoms with E-state index in [1.54, 1.807) is 0 Å². The molecule has 4 aromatic heterocycles. The van der Waals surface area contributed by atoms with Crippen LogP contribution in [0.3, 0.4) is 0 Å². The van der Waals surface area contributed by atoms with Crippen LogP contribution in [0.2, 0.25) is 0 Å². The Bertz CT molecular complexity index is 7390. The molecule has 0 radical (unpaired) electrons. The minimum atomic E-state index is 0.695. The maximum Gasteiger partial charge on any atom is 0.160 e. The minimum Gasteiger partial charge on any atom is -0.247 e. The Balaban J connectivity index is 0.000000144. The molecule has 0 saturated carbocycles. The first kappa shape index (κ1) is 66.9. The summed E-state index contributed by atoms with van der Waals surface area (Å²) in [5.74, 6) is 1.39. The molecule has 0 N–H and O–H groups in total. The quantitative estimate of drug-likeness (QED) is 0.120. The second-order valence-corrected chi connectivity index (χ2v) is 29.2. The van der Waals surface area contributed by atoms with Crippen LogP contribution in [-0.4, -0.2) is 29.9 Å². The van der Waals surface area contributed by atoms with E-state index in [0.717, 1.165) is 122 Å². The molecule has 6 nitrogen and oxygen atoms in total. The standard InChI is InChI=1S/C57H35N3.C51H33N3/c1-3-15-42-33-44(29-23-36(42)11-1)53-35-52(58-57(59-53)45-30-24-37-12-2-4-16-43(37)34-45)40-25-27-41(28-26-40)55-51-32-31-39-14-6-8-19-47(39)54(51)50-22-10-21-49(56(50)60-55)48-20-9-17-38-13-5-7-18-46(38)48;1-4-12-34(13-5-1)36-20-22-38(23-21-36)47-33-48(54-51(53-47)41-17-8-3-9-18-41)39-24-26-40(27-25-39)50-44-30-28-37-16-10-11-19-43(37)49(44)45-32-42(29-31-46(45)52-50)35-14-6-2-7-15-35/h1-35H;1-33H. The summed E-state index contributed by atoms with van der Waals surface area (Å²) in [7, 11) is 0. The molecule has 0 aliphatic carbocycles. The largest absolute Gasteiger partial charge is 0.247 e. The Morgan fingerprint density at radius 1 is 0.149 bits per heavy atom. The van der Waals surface area contributed by atoms with Crippen molar-refractivity contribution in [2.24, 2.45) is 0 Å². The average Bonchev–Trinajstić information content (AvgIpc) is 0.739. The van der Waals surface area contributed by atoms with Crippen LogP contribution < -0.4 is 0 Å². The van der Waals surface area contributed by atoms with Gasteiger partial charge in [0.25, 0.3) is 0 Å². The highest BCUT2D eigenvalue weighted by Gasteiger charge is 2.21. The van der Waals surface area contributed by atoms with E-state index in [-0.39, 0.29) is 0 Å². The van der Waals surface area contributed by atoms with Crippen molar-refractivity contribution in [2.75, 3.05) is 0 Å². The van der Waals surface area contributed by atoms with Crippen LogP contribution in [0.25, 0.3) is 221 Å². The highest BCUT2D eigenvalue weighted by molar-refractivity contribution is 6.25. The zero-order valence-corrected chi connectivity index (χ0v) is 61.9. The number of para-hydroxylation sites is 1. The van der Waals surface area contributed by atoms with Gasteiger partial charge >= 0.3 is 0 Å². The van der Waals surface area contributed by atoms with Crippen molar-refractivity contribution in [1.82, 2.24) is 29.9 Å². The third-order valence-electron chi connectivity index (χ3n) is 22.3. The zero-order valence-electron chi connectivity index (χ0n) is 61.9. The highest BCUT2D eigenvalue weighted by atomic mass is 14.9. The number of nitrogens with zero attached hydrogens (tertiary/aromatic N) is 6. The van der Waals surface area contributed by atoms with Crippen LogP contribution in [0.5, 0.6) is 0 Å². The first-order chi connectivity index (χ1) is 56.5. The molecule has 530 valence electrons. The van der Waals surface area contributed by atoms with Crippen molar-refractivity contribution in [3.05, 3.63) is 413 Å². The van der Waals surface area contributed by atoms with Gasteiger partial charge in [-0.2, -0.15) is 0 Å². The van der Waals surface area contributed by atoms with Gasteiger partial charge in [-0.05, 0) is 118 Å². The molecule has 4 heterocycles. The molecule has 0 fully saturated rings. The van der Waals surface area contributed by atoms with Gasteiger partial charge < -0.3 is 0 Å². The molecule has 22 aromatic rings. The fraction of sp³-hybridized carbons (Fsp3) is 0. The van der Waals surface area contributed by atoms with Crippen LogP contribution in [0.4, 0.5) is 0 Å². The maximum absolute atomic E-state index is 5.60. The second-order valence-electron chi connectivity index (χ2n) is 29.2. The molecule has 0 atom stereocenters. The van der Waals surface area contributed by atoms with E-state index in [1.807, 2.05) is 24.3 Å². The molecule has 0 saturated heterocycles. The predicted octanol–water partition coefficient (Wildman–Crippen LogP) is 28.5. The van der Waals surface area contributed by atoms with Crippen molar-refractivity contribution in [1.29, 1.82) is 0 Å². The molecule has 6 heteroatoms. The Hall–Kier alpha value is -15.2. The summed E-state index contributed by atoms with van der Waals surface area (Å²) in [6.07, 6.45) is 0. The second kappa shape index (κ2) is 28.6. The lowest BCUT2D eigenvalue weighted by Gasteiger charge is -2.16. The van der Waals surface area contributed by atoms with E-state index < -0.39 is 0 Å². The molecule has 22 rings (SSSR count). The summed E-state index contributed by atoms with van der Waals surface area (Å²) in [6.45, 7) is 0. The van der Waals surface area contributed by atoms with Crippen LogP contribution in [0.15, 0.2) is 413 Å².